The zero-order chi connectivity index (χ0) is 19.7. The monoisotopic (exact) mass is 372 g/mol. The minimum absolute atomic E-state index is 0.0997. The number of aromatic nitrogens is 4. The number of anilines is 3. The van der Waals surface area contributed by atoms with Crippen LogP contribution in [0.3, 0.4) is 0 Å². The van der Waals surface area contributed by atoms with Crippen molar-refractivity contribution in [1.82, 2.24) is 20.0 Å². The molecule has 0 radical (unpaired) electrons. The van der Waals surface area contributed by atoms with Crippen LogP contribution in [-0.4, -0.2) is 25.9 Å². The standard InChI is InChI=1S/C21H20N6O/c1-13-12-14(2)27(26-13)21-19-7-5-4-6-18(19)20(24-25-21)23-17-10-8-16(9-11-17)22-15(3)28/h4-12H,1-3H3,(H,22,28)(H,23,24). The molecule has 0 saturated carbocycles. The lowest BCUT2D eigenvalue weighted by Gasteiger charge is -2.12. The number of hydrogen-bond acceptors (Lipinski definition) is 5. The third-order valence-corrected chi connectivity index (χ3v) is 4.35. The number of carbonyl (C=O) groups excluding carboxylic acids is 1. The first kappa shape index (κ1) is 17.7. The van der Waals surface area contributed by atoms with Crippen molar-refractivity contribution in [2.45, 2.75) is 20.8 Å². The molecule has 0 aliphatic rings. The molecule has 1 amide bonds. The number of carbonyl (C=O) groups is 1. The molecule has 2 N–H and O–H groups in total. The van der Waals surface area contributed by atoms with Crippen molar-refractivity contribution in [3.8, 4) is 5.82 Å². The lowest BCUT2D eigenvalue weighted by atomic mass is 10.1. The summed E-state index contributed by atoms with van der Waals surface area (Å²) >= 11 is 0. The summed E-state index contributed by atoms with van der Waals surface area (Å²) in [6, 6.07) is 17.4. The Morgan fingerprint density at radius 3 is 2.25 bits per heavy atom. The van der Waals surface area contributed by atoms with Crippen LogP contribution in [0.1, 0.15) is 18.3 Å². The quantitative estimate of drug-likeness (QED) is 0.562. The smallest absolute Gasteiger partial charge is 0.221 e. The van der Waals surface area contributed by atoms with Crippen molar-refractivity contribution in [3.05, 3.63) is 66.0 Å². The van der Waals surface area contributed by atoms with E-state index in [0.29, 0.717) is 11.6 Å². The van der Waals surface area contributed by atoms with Crippen molar-refractivity contribution in [1.29, 1.82) is 0 Å². The molecule has 4 rings (SSSR count). The van der Waals surface area contributed by atoms with Gasteiger partial charge in [0.15, 0.2) is 11.6 Å². The van der Waals surface area contributed by atoms with Crippen LogP contribution in [0, 0.1) is 13.8 Å². The van der Waals surface area contributed by atoms with Crippen molar-refractivity contribution >= 4 is 33.9 Å². The lowest BCUT2D eigenvalue weighted by Crippen LogP contribution is -2.07. The van der Waals surface area contributed by atoms with Crippen molar-refractivity contribution in [2.24, 2.45) is 0 Å². The highest BCUT2D eigenvalue weighted by atomic mass is 16.1. The fraction of sp³-hybridized carbons (Fsp3) is 0.143. The van der Waals surface area contributed by atoms with E-state index in [1.807, 2.05) is 73.1 Å². The molecular formula is C21H20N6O. The van der Waals surface area contributed by atoms with Gasteiger partial charge in [-0.1, -0.05) is 24.3 Å². The summed E-state index contributed by atoms with van der Waals surface area (Å²) in [5.74, 6) is 1.26. The van der Waals surface area contributed by atoms with Crippen LogP contribution in [0.5, 0.6) is 0 Å². The SMILES string of the molecule is CC(=O)Nc1ccc(Nc2nnc(-n3nc(C)cc3C)c3ccccc23)cc1. The molecule has 0 unspecified atom stereocenters. The van der Waals surface area contributed by atoms with E-state index in [2.05, 4.69) is 25.9 Å². The maximum Gasteiger partial charge on any atom is 0.221 e. The van der Waals surface area contributed by atoms with Crippen LogP contribution in [-0.2, 0) is 4.79 Å². The predicted octanol–water partition coefficient (Wildman–Crippen LogP) is 4.13. The fourth-order valence-electron chi connectivity index (χ4n) is 3.16. The molecule has 2 aromatic carbocycles. The minimum atomic E-state index is -0.0997. The summed E-state index contributed by atoms with van der Waals surface area (Å²) in [7, 11) is 0. The largest absolute Gasteiger partial charge is 0.338 e. The topological polar surface area (TPSA) is 84.7 Å². The average molecular weight is 372 g/mol. The summed E-state index contributed by atoms with van der Waals surface area (Å²) in [5, 5.41) is 21.4. The Bertz CT molecular complexity index is 1160. The second-order valence-corrected chi connectivity index (χ2v) is 6.64. The highest BCUT2D eigenvalue weighted by Crippen LogP contribution is 2.28. The van der Waals surface area contributed by atoms with Gasteiger partial charge >= 0.3 is 0 Å². The van der Waals surface area contributed by atoms with E-state index in [0.717, 1.165) is 33.5 Å². The molecule has 0 bridgehead atoms. The Morgan fingerprint density at radius 2 is 1.61 bits per heavy atom. The Kier molecular flexibility index (Phi) is 4.49. The van der Waals surface area contributed by atoms with E-state index >= 15 is 0 Å². The molecule has 0 fully saturated rings. The summed E-state index contributed by atoms with van der Waals surface area (Å²) in [4.78, 5) is 11.2. The summed E-state index contributed by atoms with van der Waals surface area (Å²) < 4.78 is 1.82. The van der Waals surface area contributed by atoms with E-state index in [9.17, 15) is 4.79 Å². The van der Waals surface area contributed by atoms with Crippen LogP contribution in [0.4, 0.5) is 17.2 Å². The van der Waals surface area contributed by atoms with Crippen LogP contribution < -0.4 is 10.6 Å². The van der Waals surface area contributed by atoms with E-state index in [1.165, 1.54) is 6.92 Å². The second-order valence-electron chi connectivity index (χ2n) is 6.64. The molecule has 7 heteroatoms. The van der Waals surface area contributed by atoms with Gasteiger partial charge in [-0.25, -0.2) is 4.68 Å². The van der Waals surface area contributed by atoms with E-state index in [1.54, 1.807) is 0 Å². The first-order valence-electron chi connectivity index (χ1n) is 8.95. The number of amides is 1. The highest BCUT2D eigenvalue weighted by molar-refractivity contribution is 5.97. The van der Waals surface area contributed by atoms with Gasteiger partial charge in [0, 0.05) is 34.8 Å². The van der Waals surface area contributed by atoms with Gasteiger partial charge in [-0.15, -0.1) is 10.2 Å². The molecule has 140 valence electrons. The molecule has 0 saturated heterocycles. The number of fused-ring (bicyclic) bond motifs is 1. The van der Waals surface area contributed by atoms with Crippen molar-refractivity contribution < 1.29 is 4.79 Å². The molecule has 4 aromatic rings. The molecule has 2 heterocycles. The first-order valence-corrected chi connectivity index (χ1v) is 8.95. The summed E-state index contributed by atoms with van der Waals surface area (Å²) in [6.07, 6.45) is 0. The highest BCUT2D eigenvalue weighted by Gasteiger charge is 2.13. The van der Waals surface area contributed by atoms with Crippen LogP contribution in [0.25, 0.3) is 16.6 Å². The molecule has 28 heavy (non-hydrogen) atoms. The first-order chi connectivity index (χ1) is 13.5. The fourth-order valence-corrected chi connectivity index (χ4v) is 3.16. The van der Waals surface area contributed by atoms with Gasteiger partial charge in [0.05, 0.1) is 5.69 Å². The molecule has 0 spiro atoms. The molecule has 0 atom stereocenters. The molecular weight excluding hydrogens is 352 g/mol. The molecule has 2 aromatic heterocycles. The van der Waals surface area contributed by atoms with Gasteiger partial charge in [-0.3, -0.25) is 4.79 Å². The summed E-state index contributed by atoms with van der Waals surface area (Å²) in [5.41, 5.74) is 3.54. The third kappa shape index (κ3) is 3.42. The lowest BCUT2D eigenvalue weighted by molar-refractivity contribution is -0.114. The molecule has 0 aliphatic carbocycles. The normalized spacial score (nSPS) is 10.8. The zero-order valence-electron chi connectivity index (χ0n) is 15.9. The summed E-state index contributed by atoms with van der Waals surface area (Å²) in [6.45, 7) is 5.44. The van der Waals surface area contributed by atoms with Crippen molar-refractivity contribution in [3.63, 3.8) is 0 Å². The Labute approximate surface area is 162 Å². The zero-order valence-corrected chi connectivity index (χ0v) is 15.9. The van der Waals surface area contributed by atoms with Gasteiger partial charge in [0.2, 0.25) is 5.91 Å². The Balaban J connectivity index is 1.72. The number of nitrogens with zero attached hydrogens (tertiary/aromatic N) is 4. The van der Waals surface area contributed by atoms with E-state index in [-0.39, 0.29) is 5.91 Å². The Hall–Kier alpha value is -3.74. The number of rotatable bonds is 4. The van der Waals surface area contributed by atoms with Crippen LogP contribution in [0.15, 0.2) is 54.6 Å². The molecule has 0 aliphatic heterocycles. The van der Waals surface area contributed by atoms with Crippen LogP contribution in [0.2, 0.25) is 0 Å². The molecule has 7 nitrogen and oxygen atoms in total. The maximum absolute atomic E-state index is 11.2. The van der Waals surface area contributed by atoms with Gasteiger partial charge < -0.3 is 10.6 Å². The minimum Gasteiger partial charge on any atom is -0.338 e. The maximum atomic E-state index is 11.2. The number of benzene rings is 2. The van der Waals surface area contributed by atoms with Gasteiger partial charge in [-0.05, 0) is 44.2 Å². The number of hydrogen-bond donors (Lipinski definition) is 2. The van der Waals surface area contributed by atoms with E-state index in [4.69, 9.17) is 0 Å². The van der Waals surface area contributed by atoms with Crippen molar-refractivity contribution in [2.75, 3.05) is 10.6 Å². The van der Waals surface area contributed by atoms with Crippen LogP contribution >= 0.6 is 0 Å². The number of nitrogens with one attached hydrogen (secondary N) is 2. The van der Waals surface area contributed by atoms with Gasteiger partial charge in [-0.2, -0.15) is 5.10 Å². The Morgan fingerprint density at radius 1 is 0.929 bits per heavy atom. The van der Waals surface area contributed by atoms with Gasteiger partial charge in [0.25, 0.3) is 0 Å². The predicted molar refractivity (Wildman–Crippen MR) is 110 cm³/mol. The second kappa shape index (κ2) is 7.11. The van der Waals surface area contributed by atoms with Gasteiger partial charge in [0.1, 0.15) is 0 Å². The number of aryl methyl sites for hydroxylation is 2. The van der Waals surface area contributed by atoms with E-state index < -0.39 is 0 Å². The third-order valence-electron chi connectivity index (χ3n) is 4.35. The average Bonchev–Trinajstić information content (AvgIpc) is 3.01.